The summed E-state index contributed by atoms with van der Waals surface area (Å²) in [5.41, 5.74) is 0.910. The summed E-state index contributed by atoms with van der Waals surface area (Å²) < 4.78 is 27.6. The van der Waals surface area contributed by atoms with Gasteiger partial charge in [-0.05, 0) is 43.9 Å². The van der Waals surface area contributed by atoms with Crippen LogP contribution in [0.1, 0.15) is 24.8 Å². The molecule has 9 heteroatoms. The lowest BCUT2D eigenvalue weighted by Crippen LogP contribution is -2.30. The number of rotatable bonds is 4. The van der Waals surface area contributed by atoms with E-state index < -0.39 is 10.0 Å². The van der Waals surface area contributed by atoms with Crippen molar-refractivity contribution in [3.8, 4) is 0 Å². The van der Waals surface area contributed by atoms with Gasteiger partial charge in [0.15, 0.2) is 0 Å². The molecule has 0 bridgehead atoms. The Morgan fingerprint density at radius 2 is 1.68 bits per heavy atom. The molecule has 1 fully saturated rings. The summed E-state index contributed by atoms with van der Waals surface area (Å²) in [5.74, 6) is 0.614. The van der Waals surface area contributed by atoms with Crippen LogP contribution in [0, 0.1) is 6.92 Å². The Kier molecular flexibility index (Phi) is 5.36. The predicted octanol–water partition coefficient (Wildman–Crippen LogP) is 3.88. The fraction of sp³-hybridized carbons (Fsp3) is 0.375. The Balaban J connectivity index is 1.80. The molecule has 0 unspecified atom stereocenters. The van der Waals surface area contributed by atoms with Gasteiger partial charge in [-0.15, -0.1) is 0 Å². The summed E-state index contributed by atoms with van der Waals surface area (Å²) in [7, 11) is -3.86. The van der Waals surface area contributed by atoms with Crippen molar-refractivity contribution in [1.29, 1.82) is 0 Å². The number of halogens is 2. The first-order chi connectivity index (χ1) is 11.9. The van der Waals surface area contributed by atoms with Crippen LogP contribution in [-0.2, 0) is 10.0 Å². The topological polar surface area (TPSA) is 75.2 Å². The number of aromatic nitrogens is 2. The maximum absolute atomic E-state index is 12.6. The highest BCUT2D eigenvalue weighted by molar-refractivity contribution is 7.92. The Morgan fingerprint density at radius 1 is 1.04 bits per heavy atom. The van der Waals surface area contributed by atoms with Crippen molar-refractivity contribution in [3.63, 3.8) is 0 Å². The highest BCUT2D eigenvalue weighted by Crippen LogP contribution is 2.29. The molecule has 1 aromatic carbocycles. The molecule has 1 N–H and O–H groups in total. The average molecular weight is 401 g/mol. The summed E-state index contributed by atoms with van der Waals surface area (Å²) in [6.07, 6.45) is 6.38. The lowest BCUT2D eigenvalue weighted by atomic mass is 10.1. The average Bonchev–Trinajstić information content (AvgIpc) is 2.59. The molecule has 0 amide bonds. The molecular formula is C16H18Cl2N4O2S. The molecule has 1 saturated heterocycles. The minimum Gasteiger partial charge on any atom is -0.341 e. The molecule has 2 heterocycles. The number of hydrogen-bond acceptors (Lipinski definition) is 5. The summed E-state index contributed by atoms with van der Waals surface area (Å²) in [5, 5.41) is 0.479. The first-order valence-electron chi connectivity index (χ1n) is 7.92. The first-order valence-corrected chi connectivity index (χ1v) is 10.2. The maximum atomic E-state index is 12.6. The lowest BCUT2D eigenvalue weighted by Gasteiger charge is -2.26. The van der Waals surface area contributed by atoms with Crippen LogP contribution in [0.2, 0.25) is 10.0 Å². The van der Waals surface area contributed by atoms with Gasteiger partial charge >= 0.3 is 0 Å². The van der Waals surface area contributed by atoms with Gasteiger partial charge in [-0.3, -0.25) is 4.72 Å². The van der Waals surface area contributed by atoms with E-state index in [0.717, 1.165) is 25.9 Å². The summed E-state index contributed by atoms with van der Waals surface area (Å²) in [4.78, 5) is 10.6. The molecule has 1 aliphatic rings. The van der Waals surface area contributed by atoms with Crippen molar-refractivity contribution in [1.82, 2.24) is 9.97 Å². The van der Waals surface area contributed by atoms with Crippen molar-refractivity contribution >= 4 is 44.9 Å². The smallest absolute Gasteiger partial charge is 0.263 e. The number of piperidine rings is 1. The third kappa shape index (κ3) is 4.16. The Bertz CT molecular complexity index is 866. The molecule has 25 heavy (non-hydrogen) atoms. The van der Waals surface area contributed by atoms with Crippen LogP contribution in [0.5, 0.6) is 0 Å². The second kappa shape index (κ2) is 7.35. The van der Waals surface area contributed by atoms with Crippen molar-refractivity contribution in [2.75, 3.05) is 22.7 Å². The molecule has 3 rings (SSSR count). The summed E-state index contributed by atoms with van der Waals surface area (Å²) in [6.45, 7) is 3.56. The number of sulfonamides is 1. The van der Waals surface area contributed by atoms with E-state index in [2.05, 4.69) is 19.6 Å². The van der Waals surface area contributed by atoms with Gasteiger partial charge in [0.2, 0.25) is 5.95 Å². The molecule has 1 aliphatic heterocycles. The van der Waals surface area contributed by atoms with Gasteiger partial charge in [-0.25, -0.2) is 18.4 Å². The minimum atomic E-state index is -3.86. The van der Waals surface area contributed by atoms with Crippen LogP contribution < -0.4 is 9.62 Å². The van der Waals surface area contributed by atoms with Crippen LogP contribution in [0.4, 0.5) is 11.6 Å². The number of nitrogens with one attached hydrogen (secondary N) is 1. The van der Waals surface area contributed by atoms with Crippen molar-refractivity contribution in [2.24, 2.45) is 0 Å². The number of aryl methyl sites for hydroxylation is 1. The van der Waals surface area contributed by atoms with E-state index in [0.29, 0.717) is 16.5 Å². The van der Waals surface area contributed by atoms with E-state index in [1.165, 1.54) is 30.9 Å². The van der Waals surface area contributed by atoms with Gasteiger partial charge in [0.1, 0.15) is 4.90 Å². The van der Waals surface area contributed by atoms with E-state index in [-0.39, 0.29) is 15.6 Å². The monoisotopic (exact) mass is 400 g/mol. The highest BCUT2D eigenvalue weighted by atomic mass is 35.5. The van der Waals surface area contributed by atoms with Crippen LogP contribution in [0.3, 0.4) is 0 Å². The van der Waals surface area contributed by atoms with Crippen LogP contribution in [-0.4, -0.2) is 31.5 Å². The Hall–Kier alpha value is -1.57. The molecular weight excluding hydrogens is 383 g/mol. The zero-order valence-electron chi connectivity index (χ0n) is 13.7. The van der Waals surface area contributed by atoms with Gasteiger partial charge in [0, 0.05) is 18.1 Å². The fourth-order valence-corrected chi connectivity index (χ4v) is 4.54. The van der Waals surface area contributed by atoms with Crippen LogP contribution >= 0.6 is 23.2 Å². The molecule has 134 valence electrons. The number of hydrogen-bond donors (Lipinski definition) is 1. The molecule has 1 aromatic heterocycles. The van der Waals surface area contributed by atoms with Crippen molar-refractivity contribution in [3.05, 3.63) is 40.1 Å². The third-order valence-electron chi connectivity index (χ3n) is 4.03. The standard InChI is InChI=1S/C16H18Cl2N4O2S/c1-11-7-15(14(18)8-13(11)17)25(23,24)21-12-9-19-16(20-10-12)22-5-3-2-4-6-22/h7-10,21H,2-6H2,1H3. The normalized spacial score (nSPS) is 15.2. The van der Waals surface area contributed by atoms with Gasteiger partial charge in [0.05, 0.1) is 23.1 Å². The van der Waals surface area contributed by atoms with Gasteiger partial charge in [-0.2, -0.15) is 0 Å². The SMILES string of the molecule is Cc1cc(S(=O)(=O)Nc2cnc(N3CCCCC3)nc2)c(Cl)cc1Cl. The molecule has 0 spiro atoms. The largest absolute Gasteiger partial charge is 0.341 e. The van der Waals surface area contributed by atoms with Gasteiger partial charge in [-0.1, -0.05) is 23.2 Å². The fourth-order valence-electron chi connectivity index (χ4n) is 2.68. The molecule has 2 aromatic rings. The van der Waals surface area contributed by atoms with Gasteiger partial charge in [0.25, 0.3) is 10.0 Å². The Morgan fingerprint density at radius 3 is 2.32 bits per heavy atom. The highest BCUT2D eigenvalue weighted by Gasteiger charge is 2.20. The van der Waals surface area contributed by atoms with Crippen LogP contribution in [0.15, 0.2) is 29.4 Å². The minimum absolute atomic E-state index is 0.0313. The molecule has 6 nitrogen and oxygen atoms in total. The second-order valence-electron chi connectivity index (χ2n) is 5.96. The molecule has 0 atom stereocenters. The van der Waals surface area contributed by atoms with E-state index in [1.54, 1.807) is 6.92 Å². The summed E-state index contributed by atoms with van der Waals surface area (Å²) in [6, 6.07) is 2.86. The van der Waals surface area contributed by atoms with E-state index in [1.807, 2.05) is 0 Å². The van der Waals surface area contributed by atoms with E-state index >= 15 is 0 Å². The first kappa shape index (κ1) is 18.2. The predicted molar refractivity (Wildman–Crippen MR) is 100 cm³/mol. The quantitative estimate of drug-likeness (QED) is 0.842. The second-order valence-corrected chi connectivity index (χ2v) is 8.42. The number of nitrogens with zero attached hydrogens (tertiary/aromatic N) is 3. The molecule has 0 radical (unpaired) electrons. The zero-order chi connectivity index (χ0) is 18.0. The molecule has 0 aliphatic carbocycles. The summed E-state index contributed by atoms with van der Waals surface area (Å²) >= 11 is 12.0. The molecule has 0 saturated carbocycles. The van der Waals surface area contributed by atoms with E-state index in [4.69, 9.17) is 23.2 Å². The zero-order valence-corrected chi connectivity index (χ0v) is 16.0. The number of anilines is 2. The lowest BCUT2D eigenvalue weighted by molar-refractivity contribution is 0.568. The Labute approximate surface area is 157 Å². The van der Waals surface area contributed by atoms with Crippen molar-refractivity contribution < 1.29 is 8.42 Å². The number of benzene rings is 1. The third-order valence-corrected chi connectivity index (χ3v) is 6.29. The van der Waals surface area contributed by atoms with Crippen LogP contribution in [0.25, 0.3) is 0 Å². The maximum Gasteiger partial charge on any atom is 0.263 e. The van der Waals surface area contributed by atoms with Gasteiger partial charge < -0.3 is 4.90 Å². The van der Waals surface area contributed by atoms with E-state index in [9.17, 15) is 8.42 Å². The van der Waals surface area contributed by atoms with Crippen molar-refractivity contribution in [2.45, 2.75) is 31.1 Å².